The number of hydrogen-bond acceptors (Lipinski definition) is 3. The van der Waals surface area contributed by atoms with E-state index in [-0.39, 0.29) is 5.15 Å². The highest BCUT2D eigenvalue weighted by Gasteiger charge is 2.13. The van der Waals surface area contributed by atoms with Crippen LogP contribution in [0.4, 0.5) is 0 Å². The average Bonchev–Trinajstić information content (AvgIpc) is 2.44. The number of halogens is 2. The Hall–Kier alpha value is -1.26. The third-order valence-corrected chi connectivity index (χ3v) is 2.38. The van der Waals surface area contributed by atoms with E-state index in [4.69, 9.17) is 28.0 Å². The maximum Gasteiger partial charge on any atom is 0.331 e. The fourth-order valence-corrected chi connectivity index (χ4v) is 1.72. The Balaban J connectivity index is 2.70. The molecule has 0 radical (unpaired) electrons. The number of para-hydroxylation sites is 1. The van der Waals surface area contributed by atoms with Gasteiger partial charge in [0, 0.05) is 12.3 Å². The molecule has 0 aliphatic rings. The van der Waals surface area contributed by atoms with E-state index in [0.29, 0.717) is 15.9 Å². The standard InChI is InChI=1S/C9H6Cl2N2O2/c1-5(14)15-13-8-6(9(11)12-13)3-2-4-7(8)10/h2-4H,1H3. The van der Waals surface area contributed by atoms with Gasteiger partial charge in [0.2, 0.25) is 0 Å². The summed E-state index contributed by atoms with van der Waals surface area (Å²) >= 11 is 11.8. The molecule has 0 aliphatic carbocycles. The van der Waals surface area contributed by atoms with Gasteiger partial charge in [0.15, 0.2) is 5.15 Å². The summed E-state index contributed by atoms with van der Waals surface area (Å²) in [7, 11) is 0. The number of fused-ring (bicyclic) bond motifs is 1. The Morgan fingerprint density at radius 2 is 2.20 bits per heavy atom. The molecule has 0 fully saturated rings. The third kappa shape index (κ3) is 1.78. The van der Waals surface area contributed by atoms with Crippen LogP contribution < -0.4 is 4.84 Å². The van der Waals surface area contributed by atoms with Crippen LogP contribution in [0.25, 0.3) is 10.9 Å². The van der Waals surface area contributed by atoms with Crippen molar-refractivity contribution in [2.45, 2.75) is 6.92 Å². The summed E-state index contributed by atoms with van der Waals surface area (Å²) in [4.78, 5) is 16.7. The monoisotopic (exact) mass is 244 g/mol. The van der Waals surface area contributed by atoms with Gasteiger partial charge in [-0.2, -0.15) is 0 Å². The molecule has 0 unspecified atom stereocenters. The van der Waals surface area contributed by atoms with Gasteiger partial charge in [-0.05, 0) is 12.1 Å². The summed E-state index contributed by atoms with van der Waals surface area (Å²) in [6.07, 6.45) is 0. The SMILES string of the molecule is CC(=O)On1nc(Cl)c2cccc(Cl)c21. The number of benzene rings is 1. The maximum absolute atomic E-state index is 10.8. The van der Waals surface area contributed by atoms with Gasteiger partial charge < -0.3 is 4.84 Å². The molecule has 0 saturated carbocycles. The van der Waals surface area contributed by atoms with E-state index < -0.39 is 5.97 Å². The molecule has 0 amide bonds. The van der Waals surface area contributed by atoms with E-state index in [1.807, 2.05) is 0 Å². The topological polar surface area (TPSA) is 44.1 Å². The van der Waals surface area contributed by atoms with Crippen LogP contribution in [0.15, 0.2) is 18.2 Å². The molecular weight excluding hydrogens is 239 g/mol. The minimum Gasteiger partial charge on any atom is -0.319 e. The summed E-state index contributed by atoms with van der Waals surface area (Å²) in [6, 6.07) is 5.16. The van der Waals surface area contributed by atoms with Crippen LogP contribution in [-0.2, 0) is 4.79 Å². The predicted molar refractivity (Wildman–Crippen MR) is 57.0 cm³/mol. The predicted octanol–water partition coefficient (Wildman–Crippen LogP) is 2.32. The van der Waals surface area contributed by atoms with Crippen molar-refractivity contribution in [2.75, 3.05) is 0 Å². The Labute approximate surface area is 95.3 Å². The van der Waals surface area contributed by atoms with Gasteiger partial charge in [0.25, 0.3) is 0 Å². The Kier molecular flexibility index (Phi) is 2.54. The van der Waals surface area contributed by atoms with Crippen LogP contribution in [-0.4, -0.2) is 15.9 Å². The van der Waals surface area contributed by atoms with E-state index in [9.17, 15) is 4.79 Å². The van der Waals surface area contributed by atoms with E-state index in [1.54, 1.807) is 18.2 Å². The van der Waals surface area contributed by atoms with Crippen molar-refractivity contribution in [1.82, 2.24) is 9.94 Å². The lowest BCUT2D eigenvalue weighted by molar-refractivity contribution is -0.142. The summed E-state index contributed by atoms with van der Waals surface area (Å²) in [5.74, 6) is -0.490. The Morgan fingerprint density at radius 1 is 1.47 bits per heavy atom. The van der Waals surface area contributed by atoms with Gasteiger partial charge in [0.05, 0.1) is 5.02 Å². The molecule has 0 N–H and O–H groups in total. The highest BCUT2D eigenvalue weighted by molar-refractivity contribution is 6.38. The third-order valence-electron chi connectivity index (χ3n) is 1.79. The molecule has 0 spiro atoms. The van der Waals surface area contributed by atoms with Crippen molar-refractivity contribution in [1.29, 1.82) is 0 Å². The highest BCUT2D eigenvalue weighted by Crippen LogP contribution is 2.27. The molecule has 6 heteroatoms. The second-order valence-corrected chi connectivity index (χ2v) is 3.65. The van der Waals surface area contributed by atoms with Crippen molar-refractivity contribution in [3.63, 3.8) is 0 Å². The Bertz CT molecular complexity index is 536. The molecule has 2 aromatic rings. The zero-order valence-electron chi connectivity index (χ0n) is 7.70. The fraction of sp³-hybridized carbons (Fsp3) is 0.111. The van der Waals surface area contributed by atoms with Crippen LogP contribution in [0.3, 0.4) is 0 Å². The molecule has 4 nitrogen and oxygen atoms in total. The summed E-state index contributed by atoms with van der Waals surface area (Å²) in [5.41, 5.74) is 0.486. The minimum atomic E-state index is -0.490. The number of carbonyl (C=O) groups is 1. The van der Waals surface area contributed by atoms with Crippen molar-refractivity contribution in [2.24, 2.45) is 0 Å². The molecular formula is C9H6Cl2N2O2. The second-order valence-electron chi connectivity index (χ2n) is 2.88. The van der Waals surface area contributed by atoms with Crippen LogP contribution in [0, 0.1) is 0 Å². The van der Waals surface area contributed by atoms with Crippen molar-refractivity contribution >= 4 is 40.1 Å². The average molecular weight is 245 g/mol. The van der Waals surface area contributed by atoms with Crippen LogP contribution in [0.5, 0.6) is 0 Å². The first-order chi connectivity index (χ1) is 7.09. The summed E-state index contributed by atoms with van der Waals surface area (Å²) < 4.78 is 0. The normalized spacial score (nSPS) is 10.6. The summed E-state index contributed by atoms with van der Waals surface area (Å²) in [5, 5.41) is 5.16. The number of rotatable bonds is 1. The molecule has 0 bridgehead atoms. The number of aromatic nitrogens is 2. The first-order valence-corrected chi connectivity index (χ1v) is 4.87. The molecule has 78 valence electrons. The van der Waals surface area contributed by atoms with E-state index >= 15 is 0 Å². The second kappa shape index (κ2) is 3.72. The lowest BCUT2D eigenvalue weighted by atomic mass is 10.3. The maximum atomic E-state index is 10.8. The first kappa shape index (κ1) is 10.3. The summed E-state index contributed by atoms with van der Waals surface area (Å²) in [6.45, 7) is 1.28. The molecule has 0 aliphatic heterocycles. The van der Waals surface area contributed by atoms with Crippen molar-refractivity contribution in [3.8, 4) is 0 Å². The van der Waals surface area contributed by atoms with Gasteiger partial charge in [0.1, 0.15) is 5.52 Å². The van der Waals surface area contributed by atoms with Gasteiger partial charge in [-0.3, -0.25) is 0 Å². The minimum absolute atomic E-state index is 0.244. The number of nitrogens with zero attached hydrogens (tertiary/aromatic N) is 2. The smallest absolute Gasteiger partial charge is 0.319 e. The zero-order chi connectivity index (χ0) is 11.0. The quantitative estimate of drug-likeness (QED) is 0.774. The van der Waals surface area contributed by atoms with E-state index in [1.165, 1.54) is 6.92 Å². The molecule has 0 atom stereocenters. The van der Waals surface area contributed by atoms with E-state index in [0.717, 1.165) is 4.85 Å². The molecule has 1 aromatic carbocycles. The molecule has 15 heavy (non-hydrogen) atoms. The molecule has 1 aromatic heterocycles. The zero-order valence-corrected chi connectivity index (χ0v) is 9.21. The first-order valence-electron chi connectivity index (χ1n) is 4.11. The molecule has 2 rings (SSSR count). The number of hydrogen-bond donors (Lipinski definition) is 0. The lowest BCUT2D eigenvalue weighted by Gasteiger charge is -2.01. The van der Waals surface area contributed by atoms with E-state index in [2.05, 4.69) is 5.10 Å². The van der Waals surface area contributed by atoms with Gasteiger partial charge in [-0.15, -0.1) is 5.10 Å². The van der Waals surface area contributed by atoms with Gasteiger partial charge >= 0.3 is 5.97 Å². The largest absolute Gasteiger partial charge is 0.331 e. The van der Waals surface area contributed by atoms with Crippen molar-refractivity contribution in [3.05, 3.63) is 28.4 Å². The van der Waals surface area contributed by atoms with Crippen LogP contribution in [0.2, 0.25) is 10.2 Å². The van der Waals surface area contributed by atoms with Gasteiger partial charge in [-0.25, -0.2) is 4.79 Å². The highest BCUT2D eigenvalue weighted by atomic mass is 35.5. The molecule has 1 heterocycles. The number of carbonyl (C=O) groups excluding carboxylic acids is 1. The van der Waals surface area contributed by atoms with Gasteiger partial charge in [-0.1, -0.05) is 34.1 Å². The lowest BCUT2D eigenvalue weighted by Crippen LogP contribution is -2.17. The van der Waals surface area contributed by atoms with Crippen LogP contribution >= 0.6 is 23.2 Å². The van der Waals surface area contributed by atoms with Crippen LogP contribution in [0.1, 0.15) is 6.92 Å². The molecule has 0 saturated heterocycles. The van der Waals surface area contributed by atoms with Crippen molar-refractivity contribution < 1.29 is 9.63 Å². The Morgan fingerprint density at radius 3 is 2.87 bits per heavy atom. The fourth-order valence-electron chi connectivity index (χ4n) is 1.25.